The fourth-order valence-electron chi connectivity index (χ4n) is 1.62. The quantitative estimate of drug-likeness (QED) is 0.802. The second kappa shape index (κ2) is 7.07. The van der Waals surface area contributed by atoms with Gasteiger partial charge in [0.05, 0.1) is 24.3 Å². The van der Waals surface area contributed by atoms with E-state index in [1.165, 1.54) is 13.2 Å². The third-order valence-electron chi connectivity index (χ3n) is 2.61. The molecule has 0 spiro atoms. The number of rotatable bonds is 6. The first-order chi connectivity index (χ1) is 8.58. The summed E-state index contributed by atoms with van der Waals surface area (Å²) in [6, 6.07) is 5.99. The molecule has 0 heterocycles. The molecule has 0 saturated carbocycles. The molecule has 2 atom stereocenters. The summed E-state index contributed by atoms with van der Waals surface area (Å²) < 4.78 is 18.5. The smallest absolute Gasteiger partial charge is 0.129 e. The molecule has 4 nitrogen and oxygen atoms in total. The summed E-state index contributed by atoms with van der Waals surface area (Å²) in [5.41, 5.74) is 0.765. The molecule has 5 heteroatoms. The van der Waals surface area contributed by atoms with Crippen LogP contribution in [0.15, 0.2) is 18.2 Å². The molecule has 0 aliphatic rings. The molecule has 0 bridgehead atoms. The maximum absolute atomic E-state index is 13.7. The molecule has 98 valence electrons. The van der Waals surface area contributed by atoms with Gasteiger partial charge in [0.2, 0.25) is 0 Å². The number of nitrogens with zero attached hydrogens (tertiary/aromatic N) is 1. The van der Waals surface area contributed by atoms with Gasteiger partial charge in [-0.1, -0.05) is 6.07 Å². The molecule has 0 aliphatic heterocycles. The Labute approximate surface area is 106 Å². The summed E-state index contributed by atoms with van der Waals surface area (Å²) in [6.45, 7) is 2.34. The molecule has 18 heavy (non-hydrogen) atoms. The van der Waals surface area contributed by atoms with Crippen LogP contribution in [0, 0.1) is 17.1 Å². The average molecular weight is 252 g/mol. The van der Waals surface area contributed by atoms with Crippen molar-refractivity contribution in [3.8, 4) is 6.07 Å². The van der Waals surface area contributed by atoms with Gasteiger partial charge in [0.1, 0.15) is 5.82 Å². The minimum Gasteiger partial charge on any atom is -0.389 e. The van der Waals surface area contributed by atoms with Crippen molar-refractivity contribution in [3.05, 3.63) is 35.1 Å². The first-order valence-electron chi connectivity index (χ1n) is 5.68. The van der Waals surface area contributed by atoms with Crippen molar-refractivity contribution in [3.63, 3.8) is 0 Å². The Morgan fingerprint density at radius 3 is 2.83 bits per heavy atom. The SMILES string of the molecule is COCC(O)CNC(C)c1ccc(C#N)cc1F. The number of hydrogen-bond donors (Lipinski definition) is 2. The van der Waals surface area contributed by atoms with Crippen molar-refractivity contribution >= 4 is 0 Å². The van der Waals surface area contributed by atoms with Crippen molar-refractivity contribution in [2.45, 2.75) is 19.1 Å². The lowest BCUT2D eigenvalue weighted by atomic mass is 10.1. The predicted molar refractivity (Wildman–Crippen MR) is 65.4 cm³/mol. The van der Waals surface area contributed by atoms with Gasteiger partial charge in [-0.3, -0.25) is 0 Å². The molecule has 0 saturated heterocycles. The molecular formula is C13H17FN2O2. The van der Waals surface area contributed by atoms with Gasteiger partial charge in [-0.2, -0.15) is 5.26 Å². The van der Waals surface area contributed by atoms with Crippen molar-refractivity contribution in [1.82, 2.24) is 5.32 Å². The molecule has 1 aromatic carbocycles. The maximum Gasteiger partial charge on any atom is 0.129 e. The van der Waals surface area contributed by atoms with E-state index < -0.39 is 11.9 Å². The fourth-order valence-corrected chi connectivity index (χ4v) is 1.62. The topological polar surface area (TPSA) is 65.3 Å². The Balaban J connectivity index is 2.62. The molecule has 0 fully saturated rings. The van der Waals surface area contributed by atoms with Gasteiger partial charge in [-0.15, -0.1) is 0 Å². The second-order valence-corrected chi connectivity index (χ2v) is 4.09. The molecule has 1 aromatic rings. The molecular weight excluding hydrogens is 235 g/mol. The number of ether oxygens (including phenoxy) is 1. The number of nitrogens with one attached hydrogen (secondary N) is 1. The molecule has 0 radical (unpaired) electrons. The first kappa shape index (κ1) is 14.6. The van der Waals surface area contributed by atoms with Crippen molar-refractivity contribution in [2.24, 2.45) is 0 Å². The van der Waals surface area contributed by atoms with Crippen LogP contribution in [0.25, 0.3) is 0 Å². The highest BCUT2D eigenvalue weighted by Gasteiger charge is 2.12. The Morgan fingerprint density at radius 1 is 1.56 bits per heavy atom. The predicted octanol–water partition coefficient (Wildman–Crippen LogP) is 1.36. The number of halogens is 1. The van der Waals surface area contributed by atoms with E-state index in [2.05, 4.69) is 5.32 Å². The van der Waals surface area contributed by atoms with Crippen molar-refractivity contribution < 1.29 is 14.2 Å². The average Bonchev–Trinajstić information content (AvgIpc) is 2.36. The third-order valence-corrected chi connectivity index (χ3v) is 2.61. The van der Waals surface area contributed by atoms with Crippen LogP contribution in [0.1, 0.15) is 24.1 Å². The normalized spacial score (nSPS) is 13.9. The first-order valence-corrected chi connectivity index (χ1v) is 5.68. The Bertz CT molecular complexity index is 431. The van der Waals surface area contributed by atoms with E-state index >= 15 is 0 Å². The second-order valence-electron chi connectivity index (χ2n) is 4.09. The highest BCUT2D eigenvalue weighted by molar-refractivity contribution is 5.34. The largest absolute Gasteiger partial charge is 0.389 e. The van der Waals surface area contributed by atoms with E-state index in [4.69, 9.17) is 10.00 Å². The van der Waals surface area contributed by atoms with Gasteiger partial charge < -0.3 is 15.2 Å². The molecule has 0 aromatic heterocycles. The van der Waals surface area contributed by atoms with Gasteiger partial charge in [-0.25, -0.2) is 4.39 Å². The lowest BCUT2D eigenvalue weighted by Crippen LogP contribution is -2.32. The van der Waals surface area contributed by atoms with E-state index in [-0.39, 0.29) is 12.6 Å². The van der Waals surface area contributed by atoms with E-state index in [0.717, 1.165) is 0 Å². The maximum atomic E-state index is 13.7. The lowest BCUT2D eigenvalue weighted by molar-refractivity contribution is 0.0630. The van der Waals surface area contributed by atoms with Gasteiger partial charge in [0.25, 0.3) is 0 Å². The number of aliphatic hydroxyl groups is 1. The van der Waals surface area contributed by atoms with Crippen LogP contribution in [0.5, 0.6) is 0 Å². The zero-order valence-electron chi connectivity index (χ0n) is 10.5. The van der Waals surface area contributed by atoms with Crippen molar-refractivity contribution in [1.29, 1.82) is 5.26 Å². The highest BCUT2D eigenvalue weighted by atomic mass is 19.1. The fraction of sp³-hybridized carbons (Fsp3) is 0.462. The summed E-state index contributed by atoms with van der Waals surface area (Å²) in [6.07, 6.45) is -0.626. The van der Waals surface area contributed by atoms with Crippen LogP contribution in [0.4, 0.5) is 4.39 Å². The van der Waals surface area contributed by atoms with E-state index in [9.17, 15) is 9.50 Å². The summed E-state index contributed by atoms with van der Waals surface area (Å²) >= 11 is 0. The van der Waals surface area contributed by atoms with Crippen LogP contribution in [-0.4, -0.2) is 31.5 Å². The molecule has 0 amide bonds. The van der Waals surface area contributed by atoms with Crippen LogP contribution >= 0.6 is 0 Å². The summed E-state index contributed by atoms with van der Waals surface area (Å²) in [5.74, 6) is -0.421. The van der Waals surface area contributed by atoms with E-state index in [0.29, 0.717) is 17.7 Å². The van der Waals surface area contributed by atoms with Gasteiger partial charge in [0, 0.05) is 25.3 Å². The summed E-state index contributed by atoms with van der Waals surface area (Å²) in [7, 11) is 1.51. The zero-order chi connectivity index (χ0) is 13.5. The minimum absolute atomic E-state index is 0.232. The van der Waals surface area contributed by atoms with E-state index in [1.54, 1.807) is 19.1 Å². The van der Waals surface area contributed by atoms with Gasteiger partial charge in [0.15, 0.2) is 0 Å². The number of aliphatic hydroxyl groups excluding tert-OH is 1. The van der Waals surface area contributed by atoms with Crippen LogP contribution in [-0.2, 0) is 4.74 Å². The Hall–Kier alpha value is -1.48. The zero-order valence-corrected chi connectivity index (χ0v) is 10.5. The molecule has 0 aliphatic carbocycles. The van der Waals surface area contributed by atoms with Crippen molar-refractivity contribution in [2.75, 3.05) is 20.3 Å². The van der Waals surface area contributed by atoms with Crippen LogP contribution in [0.3, 0.4) is 0 Å². The number of benzene rings is 1. The monoisotopic (exact) mass is 252 g/mol. The number of nitriles is 1. The minimum atomic E-state index is -0.626. The Morgan fingerprint density at radius 2 is 2.28 bits per heavy atom. The molecule has 2 unspecified atom stereocenters. The number of hydrogen-bond acceptors (Lipinski definition) is 4. The Kier molecular flexibility index (Phi) is 5.72. The van der Waals surface area contributed by atoms with Gasteiger partial charge in [-0.05, 0) is 19.1 Å². The summed E-state index contributed by atoms with van der Waals surface area (Å²) in [5, 5.41) is 21.1. The number of methoxy groups -OCH3 is 1. The lowest BCUT2D eigenvalue weighted by Gasteiger charge is -2.17. The van der Waals surface area contributed by atoms with E-state index in [1.807, 2.05) is 6.07 Å². The summed E-state index contributed by atoms with van der Waals surface area (Å²) in [4.78, 5) is 0. The van der Waals surface area contributed by atoms with Gasteiger partial charge >= 0.3 is 0 Å². The van der Waals surface area contributed by atoms with Crippen LogP contribution in [0.2, 0.25) is 0 Å². The molecule has 2 N–H and O–H groups in total. The van der Waals surface area contributed by atoms with Crippen LogP contribution < -0.4 is 5.32 Å². The third kappa shape index (κ3) is 4.08. The molecule has 1 rings (SSSR count). The standard InChI is InChI=1S/C13H17FN2O2/c1-9(16-7-11(17)8-18-2)12-4-3-10(6-15)5-13(12)14/h3-5,9,11,16-17H,7-8H2,1-2H3. The highest BCUT2D eigenvalue weighted by Crippen LogP contribution is 2.17.